The first kappa shape index (κ1) is 57.4. The standard InChI is InChI=1S/C8H12.2C6H15O3P.3ClHO4.Rh/c1-2-4-6-8-7-5-3-1;2*1-4-7-10(8-5-2)9-6-3;3*2-1(3,4)5;/h1-2,7-8H,3-6H2;2*4-6H2,1-3H3;3*(H,2,3,4,5);/q;;;;;;+3/p-3/b2-1-,8-7-;;;;;;. The molecule has 0 aromatic rings. The molecule has 1 aliphatic carbocycles. The van der Waals surface area contributed by atoms with Crippen molar-refractivity contribution in [2.24, 2.45) is 0 Å². The monoisotopic (exact) mass is 840 g/mol. The molecule has 0 saturated carbocycles. The van der Waals surface area contributed by atoms with E-state index in [2.05, 4.69) is 24.3 Å². The first-order valence-corrected chi connectivity index (χ1v) is 18.1. The molecule has 0 saturated heterocycles. The van der Waals surface area contributed by atoms with Crippen LogP contribution in [-0.2, 0) is 46.6 Å². The minimum atomic E-state index is -4.94. The summed E-state index contributed by atoms with van der Waals surface area (Å²) >= 11 is 0. The van der Waals surface area contributed by atoms with Gasteiger partial charge in [0.1, 0.15) is 0 Å². The van der Waals surface area contributed by atoms with Crippen molar-refractivity contribution in [1.29, 1.82) is 0 Å². The number of rotatable bonds is 12. The second-order valence-corrected chi connectivity index (χ2v) is 10.9. The van der Waals surface area contributed by atoms with E-state index in [1.165, 1.54) is 25.7 Å². The van der Waals surface area contributed by atoms with Crippen molar-refractivity contribution in [2.45, 2.75) is 67.2 Å². The van der Waals surface area contributed by atoms with Crippen LogP contribution in [0.15, 0.2) is 24.3 Å². The third-order valence-electron chi connectivity index (χ3n) is 2.74. The Morgan fingerprint density at radius 1 is 0.386 bits per heavy atom. The van der Waals surface area contributed by atoms with Crippen molar-refractivity contribution < 1.29 is 133 Å². The molecule has 0 radical (unpaired) electrons. The molecule has 0 spiro atoms. The second kappa shape index (κ2) is 40.3. The van der Waals surface area contributed by atoms with Crippen molar-refractivity contribution in [3.8, 4) is 0 Å². The summed E-state index contributed by atoms with van der Waals surface area (Å²) in [5, 5.41) is 0. The zero-order valence-corrected chi connectivity index (χ0v) is 30.8. The smallest absolute Gasteiger partial charge is 0.313 e. The summed E-state index contributed by atoms with van der Waals surface area (Å²) in [5.41, 5.74) is 0. The number of hydrogen-bond acceptors (Lipinski definition) is 18. The fourth-order valence-electron chi connectivity index (χ4n) is 1.71. The molecule has 0 unspecified atom stereocenters. The molecule has 24 heteroatoms. The molecule has 0 aromatic heterocycles. The third-order valence-corrected chi connectivity index (χ3v) is 5.55. The maximum absolute atomic E-state index is 8.49. The van der Waals surface area contributed by atoms with Crippen LogP contribution in [0, 0.1) is 30.7 Å². The average Bonchev–Trinajstić information content (AvgIpc) is 2.77. The summed E-state index contributed by atoms with van der Waals surface area (Å²) in [5.74, 6) is 0. The Kier molecular flexibility index (Phi) is 52.5. The fraction of sp³-hybridized carbons (Fsp3) is 0.800. The first-order valence-electron chi connectivity index (χ1n) is 12.2. The minimum absolute atomic E-state index is 0. The minimum Gasteiger partial charge on any atom is -0.313 e. The molecule has 0 N–H and O–H groups in total. The van der Waals surface area contributed by atoms with Gasteiger partial charge in [-0.15, -0.1) is 30.7 Å². The van der Waals surface area contributed by atoms with Gasteiger partial charge in [0.15, 0.2) is 0 Å². The summed E-state index contributed by atoms with van der Waals surface area (Å²) in [6, 6.07) is 0. The molecule has 0 aliphatic heterocycles. The summed E-state index contributed by atoms with van der Waals surface area (Å²) in [6.45, 7) is 15.4. The van der Waals surface area contributed by atoms with Gasteiger partial charge < -0.3 is 27.1 Å². The number of halogens is 3. The molecular formula is C20H42Cl3O18P2Rh. The molecule has 0 atom stereocenters. The van der Waals surface area contributed by atoms with Crippen molar-refractivity contribution in [1.82, 2.24) is 0 Å². The third kappa shape index (κ3) is 104. The van der Waals surface area contributed by atoms with Crippen molar-refractivity contribution in [3.05, 3.63) is 24.3 Å². The van der Waals surface area contributed by atoms with Crippen LogP contribution in [0.3, 0.4) is 0 Å². The van der Waals surface area contributed by atoms with Crippen molar-refractivity contribution in [2.75, 3.05) is 39.6 Å². The molecule has 0 fully saturated rings. The fourth-order valence-corrected chi connectivity index (χ4v) is 3.42. The zero-order chi connectivity index (χ0) is 34.8. The van der Waals surface area contributed by atoms with Crippen LogP contribution in [0.2, 0.25) is 0 Å². The van der Waals surface area contributed by atoms with Gasteiger partial charge in [-0.05, 0) is 67.2 Å². The molecule has 44 heavy (non-hydrogen) atoms. The van der Waals surface area contributed by atoms with E-state index in [4.69, 9.17) is 83.1 Å². The van der Waals surface area contributed by atoms with E-state index in [9.17, 15) is 0 Å². The van der Waals surface area contributed by atoms with Crippen molar-refractivity contribution in [3.63, 3.8) is 0 Å². The van der Waals surface area contributed by atoms with E-state index < -0.39 is 47.9 Å². The van der Waals surface area contributed by atoms with E-state index in [-0.39, 0.29) is 19.5 Å². The Labute approximate surface area is 280 Å². The second-order valence-electron chi connectivity index (χ2n) is 6.19. The first-order chi connectivity index (χ1) is 19.7. The Balaban J connectivity index is -0.000000101. The predicted octanol–water partition coefficient (Wildman–Crippen LogP) is -6.95. The molecule has 0 amide bonds. The maximum Gasteiger partial charge on any atom is 3.00 e. The summed E-state index contributed by atoms with van der Waals surface area (Å²) in [4.78, 5) is 0. The zero-order valence-electron chi connectivity index (χ0n) is 25.1. The van der Waals surface area contributed by atoms with Gasteiger partial charge in [0, 0.05) is 0 Å². The molecule has 0 heterocycles. The molecule has 270 valence electrons. The maximum atomic E-state index is 8.49. The van der Waals surface area contributed by atoms with Crippen LogP contribution in [0.1, 0.15) is 67.2 Å². The van der Waals surface area contributed by atoms with E-state index in [1.54, 1.807) is 0 Å². The molecule has 1 rings (SSSR count). The van der Waals surface area contributed by atoms with Gasteiger partial charge in [0.2, 0.25) is 0 Å². The topological polar surface area (TPSA) is 332 Å². The average molecular weight is 842 g/mol. The molecule has 1 aliphatic rings. The summed E-state index contributed by atoms with van der Waals surface area (Å²) in [6.07, 6.45) is 14.0. The van der Waals surface area contributed by atoms with Crippen LogP contribution in [0.5, 0.6) is 0 Å². The number of hydrogen-bond donors (Lipinski definition) is 0. The quantitative estimate of drug-likeness (QED) is 0.100. The van der Waals surface area contributed by atoms with Gasteiger partial charge in [-0.1, -0.05) is 24.3 Å². The largest absolute Gasteiger partial charge is 3.00 e. The van der Waals surface area contributed by atoms with Crippen molar-refractivity contribution >= 4 is 17.2 Å². The Bertz CT molecular complexity index is 481. The van der Waals surface area contributed by atoms with Crippen LogP contribution in [0.4, 0.5) is 0 Å². The number of allylic oxidation sites excluding steroid dienone is 4. The van der Waals surface area contributed by atoms with Gasteiger partial charge >= 0.3 is 36.7 Å². The van der Waals surface area contributed by atoms with Crippen LogP contribution in [0.25, 0.3) is 0 Å². The van der Waals surface area contributed by atoms with Crippen LogP contribution < -0.4 is 55.9 Å². The van der Waals surface area contributed by atoms with Gasteiger partial charge in [-0.3, -0.25) is 0 Å². The van der Waals surface area contributed by atoms with Gasteiger partial charge in [-0.25, -0.2) is 55.9 Å². The van der Waals surface area contributed by atoms with E-state index in [0.717, 1.165) is 0 Å². The molecule has 0 bridgehead atoms. The Hall–Kier alpha value is 1.11. The van der Waals surface area contributed by atoms with Crippen LogP contribution >= 0.6 is 17.2 Å². The van der Waals surface area contributed by atoms with E-state index in [1.807, 2.05) is 41.5 Å². The molecule has 18 nitrogen and oxygen atoms in total. The molecule has 0 aromatic carbocycles. The Morgan fingerprint density at radius 3 is 0.591 bits per heavy atom. The van der Waals surface area contributed by atoms with Crippen LogP contribution in [-0.4, -0.2) is 39.6 Å². The molecular weight excluding hydrogens is 799 g/mol. The van der Waals surface area contributed by atoms with Gasteiger partial charge in [0.05, 0.1) is 39.6 Å². The summed E-state index contributed by atoms with van der Waals surface area (Å²) < 4.78 is 133. The van der Waals surface area contributed by atoms with Gasteiger partial charge in [-0.2, -0.15) is 0 Å². The normalized spacial score (nSPS) is 14.1. The van der Waals surface area contributed by atoms with E-state index in [0.29, 0.717) is 39.6 Å². The van der Waals surface area contributed by atoms with Gasteiger partial charge in [0.25, 0.3) is 0 Å². The predicted molar refractivity (Wildman–Crippen MR) is 120 cm³/mol. The SMILES string of the molecule is C1=C\CC/C=C\CC/1.CCOP(OCC)OCC.CCOP(OCC)OCC.[O-][Cl+3]([O-])([O-])[O-].[O-][Cl+3]([O-])([O-])[O-].[O-][Cl+3]([O-])([O-])[O-].[Rh+3]. The summed E-state index contributed by atoms with van der Waals surface area (Å²) in [7, 11) is -17.0. The van der Waals surface area contributed by atoms with E-state index >= 15 is 0 Å². The Morgan fingerprint density at radius 2 is 0.500 bits per heavy atom.